The Kier molecular flexibility index (Phi) is 4.20. The van der Waals surface area contributed by atoms with E-state index in [4.69, 9.17) is 9.90 Å². The van der Waals surface area contributed by atoms with Crippen LogP contribution in [0.25, 0.3) is 33.1 Å². The molecule has 0 amide bonds. The zero-order valence-electron chi connectivity index (χ0n) is 39.2. The molecule has 0 saturated heterocycles. The first-order chi connectivity index (χ1) is 28.4. The smallest absolute Gasteiger partial charge is 0.135 e. The first-order valence-electron chi connectivity index (χ1n) is 23.5. The Morgan fingerprint density at radius 1 is 0.620 bits per heavy atom. The van der Waals surface area contributed by atoms with Crippen molar-refractivity contribution in [1.82, 2.24) is 0 Å². The van der Waals surface area contributed by atoms with Crippen LogP contribution in [0.1, 0.15) is 109 Å². The number of anilines is 3. The Morgan fingerprint density at radius 3 is 2.08 bits per heavy atom. The van der Waals surface area contributed by atoms with Gasteiger partial charge in [-0.3, -0.25) is 0 Å². The summed E-state index contributed by atoms with van der Waals surface area (Å²) >= 11 is 0. The van der Waals surface area contributed by atoms with Gasteiger partial charge in [-0.2, -0.15) is 0 Å². The van der Waals surface area contributed by atoms with Gasteiger partial charge in [0.05, 0.1) is 19.4 Å². The summed E-state index contributed by atoms with van der Waals surface area (Å²) in [5.74, 6) is 2.31. The highest BCUT2D eigenvalue weighted by molar-refractivity contribution is 6.07. The summed E-state index contributed by atoms with van der Waals surface area (Å²) in [7, 11) is 0. The number of para-hydroxylation sites is 1. The van der Waals surface area contributed by atoms with Crippen molar-refractivity contribution < 1.29 is 18.1 Å². The molecule has 2 heteroatoms. The van der Waals surface area contributed by atoms with E-state index in [0.717, 1.165) is 61.5 Å². The molecular weight excluding hydrogens is 607 g/mol. The van der Waals surface area contributed by atoms with E-state index in [2.05, 4.69) is 52.0 Å². The van der Waals surface area contributed by atoms with Crippen molar-refractivity contribution in [1.29, 1.82) is 0 Å². The Bertz CT molecular complexity index is 2900. The van der Waals surface area contributed by atoms with Gasteiger partial charge in [0, 0.05) is 33.1 Å². The Hall–Kier alpha value is -4.30. The standard InChI is InChI=1S/C48H47NO/c1-46(2)20-21-47(3,4)41-28-34(16-18-39(41)46)49(33-17-19-44-37(27-33)35-10-6-8-15-43(35)50-44)42-14-9-13-40-45(42)36-11-5-7-12-38(36)48(40)31-23-29-22-30(25-31)26-32(48)24-29/h5-19,27-32H,20-26H2,1-4H3/i6D,8D,10D,15D,16D,17D,18D,19D,27D,28D. The number of furan rings is 1. The van der Waals surface area contributed by atoms with Crippen LogP contribution in [-0.2, 0) is 16.2 Å². The van der Waals surface area contributed by atoms with Crippen molar-refractivity contribution in [3.05, 3.63) is 125 Å². The number of fused-ring (bicyclic) bond motifs is 7. The Morgan fingerprint density at radius 2 is 1.28 bits per heavy atom. The predicted molar refractivity (Wildman–Crippen MR) is 207 cm³/mol. The molecule has 250 valence electrons. The van der Waals surface area contributed by atoms with Crippen molar-refractivity contribution in [2.24, 2.45) is 23.7 Å². The number of rotatable bonds is 3. The molecule has 6 aliphatic rings. The van der Waals surface area contributed by atoms with E-state index < -0.39 is 47.1 Å². The Balaban J connectivity index is 1.30. The Labute approximate surface area is 310 Å². The lowest BCUT2D eigenvalue weighted by Crippen LogP contribution is -2.55. The molecule has 1 spiro atoms. The predicted octanol–water partition coefficient (Wildman–Crippen LogP) is 13.1. The molecular formula is C48H47NO. The maximum Gasteiger partial charge on any atom is 0.135 e. The minimum atomic E-state index is -0.538. The fourth-order valence-corrected chi connectivity index (χ4v) is 11.5. The van der Waals surface area contributed by atoms with Gasteiger partial charge in [-0.15, -0.1) is 0 Å². The minimum absolute atomic E-state index is 0.00243. The normalized spacial score (nSPS) is 30.6. The first kappa shape index (κ1) is 21.2. The minimum Gasteiger partial charge on any atom is -0.456 e. The maximum absolute atomic E-state index is 10.2. The number of nitrogens with zero attached hydrogens (tertiary/aromatic N) is 1. The fraction of sp³-hybridized carbons (Fsp3) is 0.375. The number of hydrogen-bond donors (Lipinski definition) is 0. The van der Waals surface area contributed by atoms with Crippen molar-refractivity contribution in [2.75, 3.05) is 4.90 Å². The third-order valence-corrected chi connectivity index (χ3v) is 13.6. The van der Waals surface area contributed by atoms with Crippen LogP contribution in [-0.4, -0.2) is 0 Å². The molecule has 1 heterocycles. The summed E-state index contributed by atoms with van der Waals surface area (Å²) in [6.45, 7) is 8.29. The van der Waals surface area contributed by atoms with Crippen LogP contribution < -0.4 is 4.90 Å². The topological polar surface area (TPSA) is 16.4 Å². The van der Waals surface area contributed by atoms with Gasteiger partial charge in [-0.1, -0.05) is 88.3 Å². The van der Waals surface area contributed by atoms with Crippen LogP contribution in [0.2, 0.25) is 0 Å². The SMILES string of the molecule is [2H]c1c([2H])c2c(c([2H])c1N(c1cccc3c1-c1ccccc1C31C3CC4CC(C3)CC1C4)c1c([2H])c([2H])c3oc4c([2H])c([2H])c([2H])c([2H])c4c3c1[2H])C(C)(C)CCC2(C)C. The second-order valence-electron chi connectivity index (χ2n) is 17.2. The molecule has 1 aromatic heterocycles. The average molecular weight is 664 g/mol. The summed E-state index contributed by atoms with van der Waals surface area (Å²) in [6, 6.07) is 11.6. The summed E-state index contributed by atoms with van der Waals surface area (Å²) in [5, 5.41) is -0.0920. The molecule has 50 heavy (non-hydrogen) atoms. The number of benzene rings is 5. The quantitative estimate of drug-likeness (QED) is 0.187. The third-order valence-electron chi connectivity index (χ3n) is 13.6. The van der Waals surface area contributed by atoms with Crippen molar-refractivity contribution in [3.8, 4) is 11.1 Å². The molecule has 4 bridgehead atoms. The highest BCUT2D eigenvalue weighted by Crippen LogP contribution is 2.70. The second-order valence-corrected chi connectivity index (χ2v) is 17.2. The molecule has 0 N–H and O–H groups in total. The zero-order valence-corrected chi connectivity index (χ0v) is 29.2. The van der Waals surface area contributed by atoms with Crippen molar-refractivity contribution in [3.63, 3.8) is 0 Å². The summed E-state index contributed by atoms with van der Waals surface area (Å²) in [6.07, 6.45) is 7.47. The van der Waals surface area contributed by atoms with Crippen LogP contribution in [0.5, 0.6) is 0 Å². The molecule has 6 aliphatic carbocycles. The monoisotopic (exact) mass is 663 g/mol. The van der Waals surface area contributed by atoms with Gasteiger partial charge < -0.3 is 9.32 Å². The molecule has 2 nitrogen and oxygen atoms in total. The highest BCUT2D eigenvalue weighted by atomic mass is 16.3. The van der Waals surface area contributed by atoms with E-state index in [-0.39, 0.29) is 62.9 Å². The summed E-state index contributed by atoms with van der Waals surface area (Å²) in [4.78, 5) is 1.64. The third kappa shape index (κ3) is 3.81. The first-order valence-corrected chi connectivity index (χ1v) is 18.5. The van der Waals surface area contributed by atoms with Crippen LogP contribution in [0.4, 0.5) is 17.1 Å². The van der Waals surface area contributed by atoms with E-state index in [0.29, 0.717) is 28.7 Å². The van der Waals surface area contributed by atoms with E-state index >= 15 is 0 Å². The van der Waals surface area contributed by atoms with E-state index in [9.17, 15) is 8.22 Å². The molecule has 6 aromatic rings. The van der Waals surface area contributed by atoms with Gasteiger partial charge in [0.1, 0.15) is 11.2 Å². The van der Waals surface area contributed by atoms with Gasteiger partial charge in [-0.05, 0) is 150 Å². The van der Waals surface area contributed by atoms with Crippen molar-refractivity contribution in [2.45, 2.75) is 88.9 Å². The lowest BCUT2D eigenvalue weighted by molar-refractivity contribution is -0.0399. The maximum atomic E-state index is 10.2. The molecule has 4 saturated carbocycles. The van der Waals surface area contributed by atoms with Gasteiger partial charge in [0.2, 0.25) is 0 Å². The van der Waals surface area contributed by atoms with E-state index in [1.165, 1.54) is 17.5 Å². The van der Waals surface area contributed by atoms with Crippen LogP contribution in [0.3, 0.4) is 0 Å². The van der Waals surface area contributed by atoms with Gasteiger partial charge in [0.15, 0.2) is 0 Å². The van der Waals surface area contributed by atoms with Crippen LogP contribution in [0.15, 0.2) is 107 Å². The second kappa shape index (κ2) is 9.93. The average Bonchev–Trinajstić information content (AvgIpc) is 3.76. The molecule has 0 atom stereocenters. The van der Waals surface area contributed by atoms with E-state index in [1.54, 1.807) is 4.90 Å². The zero-order chi connectivity index (χ0) is 42.3. The van der Waals surface area contributed by atoms with Crippen LogP contribution >= 0.6 is 0 Å². The van der Waals surface area contributed by atoms with Gasteiger partial charge in [0.25, 0.3) is 0 Å². The fourth-order valence-electron chi connectivity index (χ4n) is 11.5. The summed E-state index contributed by atoms with van der Waals surface area (Å²) < 4.78 is 99.7. The summed E-state index contributed by atoms with van der Waals surface area (Å²) in [5.41, 5.74) is 4.57. The van der Waals surface area contributed by atoms with Crippen LogP contribution in [0, 0.1) is 23.7 Å². The lowest BCUT2D eigenvalue weighted by atomic mass is 9.43. The van der Waals surface area contributed by atoms with Gasteiger partial charge in [-0.25, -0.2) is 0 Å². The molecule has 0 aliphatic heterocycles. The highest BCUT2D eigenvalue weighted by Gasteiger charge is 2.61. The molecule has 0 radical (unpaired) electrons. The van der Waals surface area contributed by atoms with Crippen molar-refractivity contribution >= 4 is 39.0 Å². The van der Waals surface area contributed by atoms with Gasteiger partial charge >= 0.3 is 0 Å². The molecule has 12 rings (SSSR count). The lowest BCUT2D eigenvalue weighted by Gasteiger charge is -2.61. The number of hydrogen-bond acceptors (Lipinski definition) is 2. The largest absolute Gasteiger partial charge is 0.456 e. The van der Waals surface area contributed by atoms with E-state index in [1.807, 2.05) is 18.2 Å². The molecule has 0 unspecified atom stereocenters. The molecule has 4 fully saturated rings. The molecule has 5 aromatic carbocycles.